The van der Waals surface area contributed by atoms with E-state index in [1.807, 2.05) is 44.4 Å². The van der Waals surface area contributed by atoms with Gasteiger partial charge in [0.15, 0.2) is 0 Å². The number of aryl methyl sites for hydroxylation is 1. The van der Waals surface area contributed by atoms with Gasteiger partial charge in [0, 0.05) is 48.9 Å². The number of anilines is 1. The van der Waals surface area contributed by atoms with E-state index >= 15 is 0 Å². The van der Waals surface area contributed by atoms with Crippen LogP contribution in [0.1, 0.15) is 28.7 Å². The van der Waals surface area contributed by atoms with E-state index in [4.69, 9.17) is 14.7 Å². The number of fused-ring (bicyclic) bond motifs is 1. The van der Waals surface area contributed by atoms with Crippen molar-refractivity contribution in [1.82, 2.24) is 29.8 Å². The summed E-state index contributed by atoms with van der Waals surface area (Å²) in [6.07, 6.45) is 5.32. The van der Waals surface area contributed by atoms with E-state index in [2.05, 4.69) is 20.2 Å². The Morgan fingerprint density at radius 2 is 2.00 bits per heavy atom. The summed E-state index contributed by atoms with van der Waals surface area (Å²) >= 11 is 1.56. The lowest BCUT2D eigenvalue weighted by Crippen LogP contribution is -2.44. The molecule has 10 nitrogen and oxygen atoms in total. The molecule has 5 rings (SSSR count). The summed E-state index contributed by atoms with van der Waals surface area (Å²) in [6, 6.07) is 8.93. The molecule has 0 aliphatic carbocycles. The fourth-order valence-corrected chi connectivity index (χ4v) is 4.95. The maximum Gasteiger partial charge on any atom is 0.255 e. The smallest absolute Gasteiger partial charge is 0.255 e. The van der Waals surface area contributed by atoms with Crippen molar-refractivity contribution in [2.45, 2.75) is 31.4 Å². The zero-order valence-corrected chi connectivity index (χ0v) is 22.6. The van der Waals surface area contributed by atoms with E-state index in [1.54, 1.807) is 35.8 Å². The first-order valence-electron chi connectivity index (χ1n) is 12.3. The number of rotatable bonds is 6. The summed E-state index contributed by atoms with van der Waals surface area (Å²) in [5.41, 5.74) is 3.71. The van der Waals surface area contributed by atoms with Gasteiger partial charge in [0.2, 0.25) is 5.95 Å². The first kappa shape index (κ1) is 25.8. The van der Waals surface area contributed by atoms with Crippen molar-refractivity contribution < 1.29 is 9.53 Å². The van der Waals surface area contributed by atoms with E-state index in [0.29, 0.717) is 53.8 Å². The van der Waals surface area contributed by atoms with Crippen LogP contribution in [0.15, 0.2) is 52.4 Å². The van der Waals surface area contributed by atoms with Crippen LogP contribution < -0.4 is 15.8 Å². The number of nitrogens with one attached hydrogen (secondary N) is 1. The molecular weight excluding hydrogens is 502 g/mol. The molecule has 5 heterocycles. The second-order valence-corrected chi connectivity index (χ2v) is 10.1. The summed E-state index contributed by atoms with van der Waals surface area (Å²) in [6.45, 7) is 6.07. The third-order valence-corrected chi connectivity index (χ3v) is 7.33. The zero-order valence-electron chi connectivity index (χ0n) is 21.8. The third kappa shape index (κ3) is 5.39. The van der Waals surface area contributed by atoms with Gasteiger partial charge in [0.05, 0.1) is 53.1 Å². The molecule has 1 N–H and O–H groups in total. The molecule has 1 aliphatic heterocycles. The Bertz CT molecular complexity index is 1570. The first-order chi connectivity index (χ1) is 18.3. The second kappa shape index (κ2) is 10.9. The van der Waals surface area contributed by atoms with Gasteiger partial charge in [-0.15, -0.1) is 11.8 Å². The van der Waals surface area contributed by atoms with Crippen LogP contribution in [0.5, 0.6) is 0 Å². The highest BCUT2D eigenvalue weighted by Gasteiger charge is 2.21. The first-order valence-corrected chi connectivity index (χ1v) is 13.5. The average Bonchev–Trinajstić information content (AvgIpc) is 2.93. The Hall–Kier alpha value is -3.83. The van der Waals surface area contributed by atoms with E-state index in [1.165, 1.54) is 6.07 Å². The van der Waals surface area contributed by atoms with Gasteiger partial charge in [0.25, 0.3) is 11.5 Å². The highest BCUT2D eigenvalue weighted by molar-refractivity contribution is 7.98. The minimum absolute atomic E-state index is 0.0596. The van der Waals surface area contributed by atoms with E-state index in [-0.39, 0.29) is 24.1 Å². The average molecular weight is 532 g/mol. The lowest BCUT2D eigenvalue weighted by atomic mass is 10.2. The van der Waals surface area contributed by atoms with Gasteiger partial charge in [0.1, 0.15) is 0 Å². The minimum atomic E-state index is -0.217. The van der Waals surface area contributed by atoms with Gasteiger partial charge < -0.3 is 15.0 Å². The number of morpholine rings is 1. The molecule has 4 aromatic heterocycles. The van der Waals surface area contributed by atoms with Gasteiger partial charge in [-0.3, -0.25) is 24.1 Å². The number of amides is 1. The number of nitrogens with zero attached hydrogens (tertiary/aromatic N) is 6. The number of hydrogen-bond acceptors (Lipinski definition) is 9. The highest BCUT2D eigenvalue weighted by atomic mass is 32.2. The number of pyridine rings is 3. The van der Waals surface area contributed by atoms with Crippen molar-refractivity contribution in [3.63, 3.8) is 0 Å². The lowest BCUT2D eigenvalue weighted by molar-refractivity contribution is 0.0523. The Balaban J connectivity index is 1.39. The molecule has 1 saturated heterocycles. The molecule has 1 fully saturated rings. The fraction of sp³-hybridized carbons (Fsp3) is 0.333. The van der Waals surface area contributed by atoms with Crippen LogP contribution in [0.4, 0.5) is 5.95 Å². The largest absolute Gasteiger partial charge is 0.375 e. The Labute approximate surface area is 224 Å². The number of thioether (sulfide) groups is 1. The second-order valence-electron chi connectivity index (χ2n) is 9.23. The molecule has 11 heteroatoms. The molecule has 1 aliphatic rings. The number of aromatic nitrogens is 5. The topological polar surface area (TPSA) is 115 Å². The number of carbonyl (C=O) groups excluding carboxylic acids is 1. The normalized spacial score (nSPS) is 15.6. The lowest BCUT2D eigenvalue weighted by Gasteiger charge is -2.32. The summed E-state index contributed by atoms with van der Waals surface area (Å²) in [5, 5.41) is 3.76. The van der Waals surface area contributed by atoms with Crippen LogP contribution in [-0.4, -0.2) is 62.5 Å². The van der Waals surface area contributed by atoms with Gasteiger partial charge in [-0.1, -0.05) is 0 Å². The van der Waals surface area contributed by atoms with E-state index < -0.39 is 0 Å². The Morgan fingerprint density at radius 1 is 1.16 bits per heavy atom. The molecular formula is C27H29N7O3S. The Kier molecular flexibility index (Phi) is 7.39. The summed E-state index contributed by atoms with van der Waals surface area (Å²) < 4.78 is 7.20. The van der Waals surface area contributed by atoms with Crippen molar-refractivity contribution in [3.8, 4) is 11.4 Å². The molecule has 1 atom stereocenters. The van der Waals surface area contributed by atoms with E-state index in [9.17, 15) is 9.59 Å². The standard InChI is InChI=1S/C27H29N7O3S/c1-16-15-34(7-8-37-16)27-32-23(11-25(35)33(27)3)21-6-5-18-12-29-20(10-22(18)31-21)14-30-26(36)19-9-24(38-4)17(2)28-13-19/h5-6,9-13,16H,7-8,14-15H2,1-4H3,(H,30,36). The SMILES string of the molecule is CSc1cc(C(=O)NCc2cc3nc(-c4cc(=O)n(C)c(N5CCOC(C)C5)n4)ccc3cn2)cnc1C. The molecule has 38 heavy (non-hydrogen) atoms. The van der Waals surface area contributed by atoms with Crippen LogP contribution in [0, 0.1) is 6.92 Å². The maximum atomic E-state index is 12.8. The molecule has 0 saturated carbocycles. The number of ether oxygens (including phenoxy) is 1. The van der Waals surface area contributed by atoms with Crippen molar-refractivity contribution >= 4 is 34.5 Å². The molecule has 4 aromatic rings. The third-order valence-electron chi connectivity index (χ3n) is 6.48. The van der Waals surface area contributed by atoms with Crippen LogP contribution >= 0.6 is 11.8 Å². The maximum absolute atomic E-state index is 12.8. The Morgan fingerprint density at radius 3 is 2.79 bits per heavy atom. The monoisotopic (exact) mass is 531 g/mol. The van der Waals surface area contributed by atoms with Crippen LogP contribution in [-0.2, 0) is 18.3 Å². The van der Waals surface area contributed by atoms with Crippen molar-refractivity contribution in [3.05, 3.63) is 70.0 Å². The number of carbonyl (C=O) groups is 1. The molecule has 0 radical (unpaired) electrons. The quantitative estimate of drug-likeness (QED) is 0.375. The van der Waals surface area contributed by atoms with Gasteiger partial charge >= 0.3 is 0 Å². The molecule has 0 bridgehead atoms. The van der Waals surface area contributed by atoms with Crippen molar-refractivity contribution in [2.75, 3.05) is 30.9 Å². The van der Waals surface area contributed by atoms with Gasteiger partial charge in [-0.2, -0.15) is 0 Å². The van der Waals surface area contributed by atoms with Crippen molar-refractivity contribution in [1.29, 1.82) is 0 Å². The van der Waals surface area contributed by atoms with Gasteiger partial charge in [-0.05, 0) is 44.4 Å². The molecule has 0 aromatic carbocycles. The minimum Gasteiger partial charge on any atom is -0.375 e. The zero-order chi connectivity index (χ0) is 26.8. The van der Waals surface area contributed by atoms with E-state index in [0.717, 1.165) is 16.0 Å². The number of hydrogen-bond donors (Lipinski definition) is 1. The summed E-state index contributed by atoms with van der Waals surface area (Å²) in [7, 11) is 1.73. The molecule has 0 spiro atoms. The predicted octanol–water partition coefficient (Wildman–Crippen LogP) is 2.97. The molecule has 196 valence electrons. The molecule has 1 amide bonds. The predicted molar refractivity (Wildman–Crippen MR) is 148 cm³/mol. The van der Waals surface area contributed by atoms with Gasteiger partial charge in [-0.25, -0.2) is 9.97 Å². The van der Waals surface area contributed by atoms with Crippen LogP contribution in [0.2, 0.25) is 0 Å². The molecule has 1 unspecified atom stereocenters. The fourth-order valence-electron chi connectivity index (χ4n) is 4.36. The van der Waals surface area contributed by atoms with Crippen LogP contribution in [0.3, 0.4) is 0 Å². The summed E-state index contributed by atoms with van der Waals surface area (Å²) in [4.78, 5) is 46.9. The van der Waals surface area contributed by atoms with Crippen molar-refractivity contribution in [2.24, 2.45) is 7.05 Å². The summed E-state index contributed by atoms with van der Waals surface area (Å²) in [5.74, 6) is 0.378. The van der Waals surface area contributed by atoms with Crippen LogP contribution in [0.25, 0.3) is 22.3 Å². The highest BCUT2D eigenvalue weighted by Crippen LogP contribution is 2.22.